The molecule has 0 N–H and O–H groups in total. The topological polar surface area (TPSA) is 30.2 Å². The minimum Gasteiger partial charge on any atom is -0.283 e. The Labute approximate surface area is 109 Å². The molecule has 2 rings (SSSR count). The van der Waals surface area contributed by atoms with Crippen molar-refractivity contribution in [2.45, 2.75) is 59.3 Å². The van der Waals surface area contributed by atoms with Crippen LogP contribution in [0.4, 0.5) is 0 Å². The first-order valence-corrected chi connectivity index (χ1v) is 6.78. The van der Waals surface area contributed by atoms with Gasteiger partial charge < -0.3 is 0 Å². The predicted octanol–water partition coefficient (Wildman–Crippen LogP) is 3.68. The average molecular weight is 245 g/mol. The second kappa shape index (κ2) is 4.71. The van der Waals surface area contributed by atoms with E-state index in [-0.39, 0.29) is 5.41 Å². The third-order valence-electron chi connectivity index (χ3n) is 3.18. The van der Waals surface area contributed by atoms with E-state index in [9.17, 15) is 0 Å². The lowest BCUT2D eigenvalue weighted by atomic mass is 9.95. The van der Waals surface area contributed by atoms with Crippen LogP contribution in [0, 0.1) is 6.92 Å². The highest BCUT2D eigenvalue weighted by molar-refractivity contribution is 5.44. The van der Waals surface area contributed by atoms with E-state index in [1.165, 1.54) is 24.1 Å². The first-order valence-electron chi connectivity index (χ1n) is 6.78. The summed E-state index contributed by atoms with van der Waals surface area (Å²) >= 11 is 0. The second-order valence-electron chi connectivity index (χ2n) is 6.09. The average Bonchev–Trinajstić information content (AvgIpc) is 2.68. The summed E-state index contributed by atoms with van der Waals surface area (Å²) in [6.45, 7) is 10.9. The van der Waals surface area contributed by atoms with E-state index in [0.717, 1.165) is 17.9 Å². The molecule has 0 aliphatic heterocycles. The van der Waals surface area contributed by atoms with Gasteiger partial charge in [0.25, 0.3) is 0 Å². The monoisotopic (exact) mass is 245 g/mol. The van der Waals surface area contributed by atoms with E-state index < -0.39 is 0 Å². The van der Waals surface area contributed by atoms with Crippen LogP contribution in [-0.2, 0) is 11.8 Å². The summed E-state index contributed by atoms with van der Waals surface area (Å²) < 4.78 is 2.24. The Bertz CT molecular complexity index is 547. The maximum absolute atomic E-state index is 4.39. The van der Waals surface area contributed by atoms with Crippen LogP contribution in [0.25, 0.3) is 5.65 Å². The smallest absolute Gasteiger partial charge is 0.161 e. The van der Waals surface area contributed by atoms with Crippen LogP contribution in [0.15, 0.2) is 12.1 Å². The summed E-state index contributed by atoms with van der Waals surface area (Å²) in [4.78, 5) is 0. The number of unbranched alkanes of at least 4 members (excludes halogenated alkanes) is 1. The molecule has 0 spiro atoms. The van der Waals surface area contributed by atoms with Crippen molar-refractivity contribution in [2.24, 2.45) is 0 Å². The molecule has 3 heteroatoms. The standard InChI is InChI=1S/C15H23N3/c1-6-7-8-12-9-11(2)10-13-16-17-14(18(12)13)15(3,4)5/h9-10H,6-8H2,1-5H3. The Balaban J connectivity index is 2.62. The molecule has 2 aromatic heterocycles. The number of fused-ring (bicyclic) bond motifs is 1. The molecule has 0 bridgehead atoms. The number of rotatable bonds is 3. The van der Waals surface area contributed by atoms with E-state index in [1.54, 1.807) is 0 Å². The fourth-order valence-corrected chi connectivity index (χ4v) is 2.27. The zero-order valence-corrected chi connectivity index (χ0v) is 12.1. The molecule has 3 nitrogen and oxygen atoms in total. The fourth-order valence-electron chi connectivity index (χ4n) is 2.27. The van der Waals surface area contributed by atoms with Gasteiger partial charge in [0.15, 0.2) is 5.65 Å². The first kappa shape index (κ1) is 13.1. The van der Waals surface area contributed by atoms with Crippen molar-refractivity contribution in [1.29, 1.82) is 0 Å². The van der Waals surface area contributed by atoms with Crippen molar-refractivity contribution in [3.05, 3.63) is 29.2 Å². The van der Waals surface area contributed by atoms with E-state index in [4.69, 9.17) is 0 Å². The zero-order chi connectivity index (χ0) is 13.3. The highest BCUT2D eigenvalue weighted by atomic mass is 15.3. The highest BCUT2D eigenvalue weighted by Crippen LogP contribution is 2.23. The molecule has 0 aromatic carbocycles. The second-order valence-corrected chi connectivity index (χ2v) is 6.09. The molecule has 0 saturated heterocycles. The summed E-state index contributed by atoms with van der Waals surface area (Å²) in [5, 5.41) is 8.72. The predicted molar refractivity (Wildman–Crippen MR) is 75.0 cm³/mol. The molecule has 0 atom stereocenters. The van der Waals surface area contributed by atoms with Crippen LogP contribution in [0.3, 0.4) is 0 Å². The van der Waals surface area contributed by atoms with Crippen LogP contribution in [-0.4, -0.2) is 14.6 Å². The number of hydrogen-bond acceptors (Lipinski definition) is 2. The molecular weight excluding hydrogens is 222 g/mol. The molecule has 98 valence electrons. The van der Waals surface area contributed by atoms with Crippen molar-refractivity contribution < 1.29 is 0 Å². The summed E-state index contributed by atoms with van der Waals surface area (Å²) in [5.41, 5.74) is 3.60. The van der Waals surface area contributed by atoms with Crippen molar-refractivity contribution in [1.82, 2.24) is 14.6 Å². The van der Waals surface area contributed by atoms with Crippen LogP contribution >= 0.6 is 0 Å². The largest absolute Gasteiger partial charge is 0.283 e. The Morgan fingerprint density at radius 3 is 2.50 bits per heavy atom. The number of aromatic nitrogens is 3. The van der Waals surface area contributed by atoms with Gasteiger partial charge in [0.1, 0.15) is 5.82 Å². The molecule has 0 amide bonds. The molecule has 0 unspecified atom stereocenters. The molecule has 0 saturated carbocycles. The van der Waals surface area contributed by atoms with Gasteiger partial charge in [0.2, 0.25) is 0 Å². The normalized spacial score (nSPS) is 12.3. The third kappa shape index (κ3) is 2.40. The number of pyridine rings is 1. The Morgan fingerprint density at radius 2 is 1.89 bits per heavy atom. The van der Waals surface area contributed by atoms with Gasteiger partial charge in [-0.1, -0.05) is 34.1 Å². The van der Waals surface area contributed by atoms with Crippen LogP contribution in [0.5, 0.6) is 0 Å². The van der Waals surface area contributed by atoms with Gasteiger partial charge in [0, 0.05) is 11.1 Å². The van der Waals surface area contributed by atoms with Gasteiger partial charge in [-0.25, -0.2) is 0 Å². The fraction of sp³-hybridized carbons (Fsp3) is 0.600. The molecule has 0 fully saturated rings. The molecular formula is C15H23N3. The zero-order valence-electron chi connectivity index (χ0n) is 12.1. The van der Waals surface area contributed by atoms with Crippen LogP contribution < -0.4 is 0 Å². The van der Waals surface area contributed by atoms with Gasteiger partial charge in [-0.15, -0.1) is 10.2 Å². The van der Waals surface area contributed by atoms with E-state index >= 15 is 0 Å². The van der Waals surface area contributed by atoms with Gasteiger partial charge in [0.05, 0.1) is 0 Å². The first-order chi connectivity index (χ1) is 8.43. The Morgan fingerprint density at radius 1 is 1.17 bits per heavy atom. The van der Waals surface area contributed by atoms with E-state index in [1.807, 2.05) is 0 Å². The Hall–Kier alpha value is -1.38. The molecule has 0 aliphatic rings. The van der Waals surface area contributed by atoms with Crippen molar-refractivity contribution in [3.8, 4) is 0 Å². The molecule has 0 aliphatic carbocycles. The summed E-state index contributed by atoms with van der Waals surface area (Å²) in [7, 11) is 0. The summed E-state index contributed by atoms with van der Waals surface area (Å²) in [5.74, 6) is 1.06. The minimum absolute atomic E-state index is 0.0235. The van der Waals surface area contributed by atoms with Gasteiger partial charge >= 0.3 is 0 Å². The Kier molecular flexibility index (Phi) is 3.42. The van der Waals surface area contributed by atoms with Crippen molar-refractivity contribution in [3.63, 3.8) is 0 Å². The van der Waals surface area contributed by atoms with E-state index in [0.29, 0.717) is 0 Å². The van der Waals surface area contributed by atoms with E-state index in [2.05, 4.69) is 61.3 Å². The molecule has 0 radical (unpaired) electrons. The maximum atomic E-state index is 4.39. The number of nitrogens with zero attached hydrogens (tertiary/aromatic N) is 3. The molecule has 2 heterocycles. The molecule has 18 heavy (non-hydrogen) atoms. The lowest BCUT2D eigenvalue weighted by molar-refractivity contribution is 0.534. The minimum atomic E-state index is 0.0235. The number of aryl methyl sites for hydroxylation is 2. The van der Waals surface area contributed by atoms with Crippen LogP contribution in [0.2, 0.25) is 0 Å². The van der Waals surface area contributed by atoms with Crippen molar-refractivity contribution in [2.75, 3.05) is 0 Å². The van der Waals surface area contributed by atoms with Gasteiger partial charge in [-0.3, -0.25) is 4.40 Å². The lowest BCUT2D eigenvalue weighted by Crippen LogP contribution is -2.17. The van der Waals surface area contributed by atoms with Gasteiger partial charge in [-0.2, -0.15) is 0 Å². The summed E-state index contributed by atoms with van der Waals surface area (Å²) in [6.07, 6.45) is 3.51. The SMILES string of the molecule is CCCCc1cc(C)cc2nnc(C(C)(C)C)n12. The number of hydrogen-bond donors (Lipinski definition) is 0. The molecule has 2 aromatic rings. The lowest BCUT2D eigenvalue weighted by Gasteiger charge is -2.18. The third-order valence-corrected chi connectivity index (χ3v) is 3.18. The van der Waals surface area contributed by atoms with Crippen molar-refractivity contribution >= 4 is 5.65 Å². The quantitative estimate of drug-likeness (QED) is 0.825. The van der Waals surface area contributed by atoms with Gasteiger partial charge in [-0.05, 0) is 37.5 Å². The maximum Gasteiger partial charge on any atom is 0.161 e. The summed E-state index contributed by atoms with van der Waals surface area (Å²) in [6, 6.07) is 4.37. The van der Waals surface area contributed by atoms with Crippen LogP contribution in [0.1, 0.15) is 57.6 Å². The highest BCUT2D eigenvalue weighted by Gasteiger charge is 2.22.